The van der Waals surface area contributed by atoms with Crippen molar-refractivity contribution in [2.75, 3.05) is 23.8 Å². The van der Waals surface area contributed by atoms with Crippen molar-refractivity contribution < 1.29 is 22.7 Å². The van der Waals surface area contributed by atoms with Crippen molar-refractivity contribution in [3.63, 3.8) is 0 Å². The zero-order chi connectivity index (χ0) is 24.0. The van der Waals surface area contributed by atoms with Crippen molar-refractivity contribution in [3.05, 3.63) is 77.4 Å². The van der Waals surface area contributed by atoms with Crippen molar-refractivity contribution in [1.82, 2.24) is 0 Å². The first-order valence-electron chi connectivity index (χ1n) is 10.5. The molecule has 0 saturated carbocycles. The first-order chi connectivity index (χ1) is 15.7. The van der Waals surface area contributed by atoms with Gasteiger partial charge in [0, 0.05) is 5.69 Å². The SMILES string of the molecule is COc1ccccc1NS(=O)(=O)c1cc(NC(=O)CCOc2cc(C)ccc2C)ccc1C. The van der Waals surface area contributed by atoms with Gasteiger partial charge in [0.25, 0.3) is 10.0 Å². The van der Waals surface area contributed by atoms with Crippen LogP contribution in [0.2, 0.25) is 0 Å². The standard InChI is InChI=1S/C25H28N2O5S/c1-17-9-10-18(2)23(15-17)32-14-13-25(28)26-20-12-11-19(3)24(16-20)33(29,30)27-21-7-5-6-8-22(21)31-4/h5-12,15-16,27H,13-14H2,1-4H3,(H,26,28). The largest absolute Gasteiger partial charge is 0.495 e. The molecule has 0 unspecified atom stereocenters. The number of hydrogen-bond acceptors (Lipinski definition) is 5. The summed E-state index contributed by atoms with van der Waals surface area (Å²) in [6, 6.07) is 17.4. The van der Waals surface area contributed by atoms with E-state index in [4.69, 9.17) is 9.47 Å². The first kappa shape index (κ1) is 24.1. The van der Waals surface area contributed by atoms with Crippen molar-refractivity contribution in [2.45, 2.75) is 32.1 Å². The number of rotatable bonds is 9. The summed E-state index contributed by atoms with van der Waals surface area (Å²) in [5.41, 5.74) is 3.34. The van der Waals surface area contributed by atoms with Gasteiger partial charge in [-0.2, -0.15) is 0 Å². The minimum absolute atomic E-state index is 0.0674. The van der Waals surface area contributed by atoms with Crippen LogP contribution in [-0.2, 0) is 14.8 Å². The van der Waals surface area contributed by atoms with Gasteiger partial charge in [0.1, 0.15) is 11.5 Å². The van der Waals surface area contributed by atoms with E-state index in [1.54, 1.807) is 43.3 Å². The number of anilines is 2. The summed E-state index contributed by atoms with van der Waals surface area (Å²) < 4.78 is 39.5. The van der Waals surface area contributed by atoms with Gasteiger partial charge in [-0.1, -0.05) is 30.3 Å². The molecule has 2 N–H and O–H groups in total. The Hall–Kier alpha value is -3.52. The van der Waals surface area contributed by atoms with E-state index >= 15 is 0 Å². The highest BCUT2D eigenvalue weighted by molar-refractivity contribution is 7.92. The Morgan fingerprint density at radius 1 is 0.909 bits per heavy atom. The van der Waals surface area contributed by atoms with Crippen LogP contribution in [0, 0.1) is 20.8 Å². The maximum absolute atomic E-state index is 13.0. The molecule has 0 bridgehead atoms. The zero-order valence-electron chi connectivity index (χ0n) is 19.1. The predicted octanol–water partition coefficient (Wildman–Crippen LogP) is 4.83. The fourth-order valence-corrected chi connectivity index (χ4v) is 4.58. The Bertz CT molecular complexity index is 1260. The Kier molecular flexibility index (Phi) is 7.60. The zero-order valence-corrected chi connectivity index (χ0v) is 20.0. The maximum Gasteiger partial charge on any atom is 0.262 e. The molecule has 174 valence electrons. The topological polar surface area (TPSA) is 93.7 Å². The molecule has 8 heteroatoms. The second kappa shape index (κ2) is 10.4. The lowest BCUT2D eigenvalue weighted by molar-refractivity contribution is -0.116. The van der Waals surface area contributed by atoms with Crippen LogP contribution in [0.15, 0.2) is 65.6 Å². The number of amides is 1. The Morgan fingerprint density at radius 2 is 1.64 bits per heavy atom. The number of methoxy groups -OCH3 is 1. The lowest BCUT2D eigenvalue weighted by atomic mass is 10.1. The number of sulfonamides is 1. The second-order valence-electron chi connectivity index (χ2n) is 7.70. The number of nitrogens with one attached hydrogen (secondary N) is 2. The number of carbonyl (C=O) groups excluding carboxylic acids is 1. The molecule has 0 fully saturated rings. The molecule has 0 saturated heterocycles. The summed E-state index contributed by atoms with van der Waals surface area (Å²) in [6.45, 7) is 5.83. The second-order valence-corrected chi connectivity index (χ2v) is 9.35. The molecule has 33 heavy (non-hydrogen) atoms. The average molecular weight is 469 g/mol. The van der Waals surface area contributed by atoms with E-state index in [1.807, 2.05) is 32.0 Å². The van der Waals surface area contributed by atoms with Crippen molar-refractivity contribution >= 4 is 27.3 Å². The number of aryl methyl sites for hydroxylation is 3. The minimum atomic E-state index is -3.90. The normalized spacial score (nSPS) is 11.0. The third-order valence-electron chi connectivity index (χ3n) is 5.04. The molecule has 3 rings (SSSR count). The minimum Gasteiger partial charge on any atom is -0.495 e. The summed E-state index contributed by atoms with van der Waals surface area (Å²) in [6.07, 6.45) is 0.128. The van der Waals surface area contributed by atoms with E-state index in [-0.39, 0.29) is 23.8 Å². The molecule has 0 heterocycles. The van der Waals surface area contributed by atoms with Crippen LogP contribution in [0.4, 0.5) is 11.4 Å². The molecule has 0 aliphatic carbocycles. The van der Waals surface area contributed by atoms with E-state index < -0.39 is 10.0 Å². The molecule has 0 aliphatic heterocycles. The fourth-order valence-electron chi connectivity index (χ4n) is 3.24. The summed E-state index contributed by atoms with van der Waals surface area (Å²) in [4.78, 5) is 12.5. The van der Waals surface area contributed by atoms with E-state index in [2.05, 4.69) is 10.0 Å². The maximum atomic E-state index is 13.0. The van der Waals surface area contributed by atoms with Crippen LogP contribution < -0.4 is 19.5 Å². The van der Waals surface area contributed by atoms with E-state index in [9.17, 15) is 13.2 Å². The van der Waals surface area contributed by atoms with Gasteiger partial charge in [-0.05, 0) is 67.8 Å². The van der Waals surface area contributed by atoms with Crippen LogP contribution in [0.25, 0.3) is 0 Å². The molecule has 0 aliphatic rings. The van der Waals surface area contributed by atoms with Gasteiger partial charge in [-0.3, -0.25) is 9.52 Å². The predicted molar refractivity (Wildman–Crippen MR) is 130 cm³/mol. The lowest BCUT2D eigenvalue weighted by Gasteiger charge is -2.14. The van der Waals surface area contributed by atoms with E-state index in [1.165, 1.54) is 13.2 Å². The molecule has 0 aromatic heterocycles. The molecule has 3 aromatic rings. The summed E-state index contributed by atoms with van der Waals surface area (Å²) in [7, 11) is -2.43. The van der Waals surface area contributed by atoms with E-state index in [0.717, 1.165) is 16.9 Å². The quantitative estimate of drug-likeness (QED) is 0.469. The van der Waals surface area contributed by atoms with Crippen molar-refractivity contribution in [2.24, 2.45) is 0 Å². The molecule has 0 spiro atoms. The molecular weight excluding hydrogens is 440 g/mol. The molecule has 0 atom stereocenters. The molecule has 1 amide bonds. The summed E-state index contributed by atoms with van der Waals surface area (Å²) >= 11 is 0. The van der Waals surface area contributed by atoms with Gasteiger partial charge < -0.3 is 14.8 Å². The van der Waals surface area contributed by atoms with Gasteiger partial charge >= 0.3 is 0 Å². The third kappa shape index (κ3) is 6.26. The van der Waals surface area contributed by atoms with Crippen molar-refractivity contribution in [1.29, 1.82) is 0 Å². The number of para-hydroxylation sites is 2. The van der Waals surface area contributed by atoms with Crippen LogP contribution in [-0.4, -0.2) is 28.0 Å². The first-order valence-corrected chi connectivity index (χ1v) is 11.9. The number of hydrogen-bond donors (Lipinski definition) is 2. The molecule has 7 nitrogen and oxygen atoms in total. The summed E-state index contributed by atoms with van der Waals surface area (Å²) in [5, 5.41) is 2.74. The fraction of sp³-hybridized carbons (Fsp3) is 0.240. The Balaban J connectivity index is 1.68. The number of benzene rings is 3. The molecular formula is C25H28N2O5S. The Labute approximate surface area is 194 Å². The van der Waals surface area contributed by atoms with Gasteiger partial charge in [0.15, 0.2) is 0 Å². The highest BCUT2D eigenvalue weighted by Crippen LogP contribution is 2.28. The smallest absolute Gasteiger partial charge is 0.262 e. The van der Waals surface area contributed by atoms with Gasteiger partial charge in [0.2, 0.25) is 5.91 Å². The van der Waals surface area contributed by atoms with Crippen LogP contribution in [0.1, 0.15) is 23.1 Å². The van der Waals surface area contributed by atoms with Crippen molar-refractivity contribution in [3.8, 4) is 11.5 Å². The Morgan fingerprint density at radius 3 is 2.39 bits per heavy atom. The van der Waals surface area contributed by atoms with E-state index in [0.29, 0.717) is 22.7 Å². The number of carbonyl (C=O) groups is 1. The van der Waals surface area contributed by atoms with Gasteiger partial charge in [0.05, 0.1) is 30.7 Å². The monoisotopic (exact) mass is 468 g/mol. The molecule has 3 aromatic carbocycles. The number of ether oxygens (including phenoxy) is 2. The average Bonchev–Trinajstić information content (AvgIpc) is 2.77. The third-order valence-corrected chi connectivity index (χ3v) is 6.55. The van der Waals surface area contributed by atoms with Crippen LogP contribution in [0.3, 0.4) is 0 Å². The summed E-state index contributed by atoms with van der Waals surface area (Å²) in [5.74, 6) is 0.881. The van der Waals surface area contributed by atoms with Crippen LogP contribution in [0.5, 0.6) is 11.5 Å². The highest BCUT2D eigenvalue weighted by Gasteiger charge is 2.20. The highest BCUT2D eigenvalue weighted by atomic mass is 32.2. The van der Waals surface area contributed by atoms with Crippen LogP contribution >= 0.6 is 0 Å². The molecule has 0 radical (unpaired) electrons. The lowest BCUT2D eigenvalue weighted by Crippen LogP contribution is -2.17. The van der Waals surface area contributed by atoms with Gasteiger partial charge in [-0.25, -0.2) is 8.42 Å². The van der Waals surface area contributed by atoms with Gasteiger partial charge in [-0.15, -0.1) is 0 Å².